The van der Waals surface area contributed by atoms with Gasteiger partial charge >= 0.3 is 12.3 Å². The molecule has 4 nitrogen and oxygen atoms in total. The van der Waals surface area contributed by atoms with E-state index in [1.807, 2.05) is 0 Å². The van der Waals surface area contributed by atoms with Crippen molar-refractivity contribution in [1.82, 2.24) is 5.32 Å². The van der Waals surface area contributed by atoms with Crippen molar-refractivity contribution in [1.29, 1.82) is 0 Å². The van der Waals surface area contributed by atoms with E-state index < -0.39 is 24.5 Å². The van der Waals surface area contributed by atoms with Gasteiger partial charge in [0.05, 0.1) is 6.10 Å². The maximum atomic E-state index is 12.0. The molecule has 0 unspecified atom stereocenters. The normalized spacial score (nSPS) is 24.3. The van der Waals surface area contributed by atoms with Crippen molar-refractivity contribution in [2.45, 2.75) is 70.4 Å². The lowest BCUT2D eigenvalue weighted by Crippen LogP contribution is -2.42. The third-order valence-corrected chi connectivity index (χ3v) is 2.88. The van der Waals surface area contributed by atoms with Crippen LogP contribution in [0.25, 0.3) is 0 Å². The second-order valence-corrected chi connectivity index (χ2v) is 6.05. The topological polar surface area (TPSA) is 47.6 Å². The van der Waals surface area contributed by atoms with Gasteiger partial charge in [-0.15, -0.1) is 0 Å². The van der Waals surface area contributed by atoms with Crippen molar-refractivity contribution < 1.29 is 27.4 Å². The molecule has 7 heteroatoms. The zero-order valence-corrected chi connectivity index (χ0v) is 12.0. The molecule has 0 bridgehead atoms. The van der Waals surface area contributed by atoms with Crippen LogP contribution in [-0.2, 0) is 9.47 Å². The number of nitrogens with one attached hydrogen (secondary N) is 1. The number of halogens is 3. The molecule has 0 aromatic rings. The fraction of sp³-hybridized carbons (Fsp3) is 0.923. The van der Waals surface area contributed by atoms with Crippen LogP contribution >= 0.6 is 0 Å². The predicted octanol–water partition coefficient (Wildman–Crippen LogP) is 3.40. The highest BCUT2D eigenvalue weighted by Crippen LogP contribution is 2.24. The molecule has 0 saturated heterocycles. The lowest BCUT2D eigenvalue weighted by molar-refractivity contribution is -0.188. The Morgan fingerprint density at radius 3 is 2.15 bits per heavy atom. The van der Waals surface area contributed by atoms with Crippen LogP contribution < -0.4 is 5.32 Å². The van der Waals surface area contributed by atoms with E-state index >= 15 is 0 Å². The van der Waals surface area contributed by atoms with E-state index in [9.17, 15) is 18.0 Å². The molecule has 1 aliphatic carbocycles. The van der Waals surface area contributed by atoms with Crippen LogP contribution in [0.2, 0.25) is 0 Å². The average Bonchev–Trinajstić information content (AvgIpc) is 2.24. The van der Waals surface area contributed by atoms with Gasteiger partial charge in [0.2, 0.25) is 0 Å². The van der Waals surface area contributed by atoms with E-state index in [-0.39, 0.29) is 12.1 Å². The number of rotatable bonds is 3. The molecular weight excluding hydrogens is 275 g/mol. The second kappa shape index (κ2) is 6.65. The Hall–Kier alpha value is -0.980. The minimum Gasteiger partial charge on any atom is -0.444 e. The fourth-order valence-corrected chi connectivity index (χ4v) is 2.06. The Labute approximate surface area is 117 Å². The number of amides is 1. The maximum absolute atomic E-state index is 12.0. The number of hydrogen-bond donors (Lipinski definition) is 1. The van der Waals surface area contributed by atoms with Gasteiger partial charge in [-0.1, -0.05) is 0 Å². The summed E-state index contributed by atoms with van der Waals surface area (Å²) in [5.41, 5.74) is -0.558. The number of alkyl halides is 3. The zero-order chi connectivity index (χ0) is 15.4. The number of carbonyl (C=O) groups is 1. The quantitative estimate of drug-likeness (QED) is 0.868. The van der Waals surface area contributed by atoms with Crippen LogP contribution in [0.4, 0.5) is 18.0 Å². The Morgan fingerprint density at radius 2 is 1.70 bits per heavy atom. The second-order valence-electron chi connectivity index (χ2n) is 6.05. The summed E-state index contributed by atoms with van der Waals surface area (Å²) in [6.45, 7) is 4.11. The molecule has 0 atom stereocenters. The van der Waals surface area contributed by atoms with Crippen LogP contribution in [0.15, 0.2) is 0 Å². The summed E-state index contributed by atoms with van der Waals surface area (Å²) in [5.74, 6) is 0. The average molecular weight is 297 g/mol. The molecule has 1 rings (SSSR count). The number of ether oxygens (including phenoxy) is 2. The number of alkyl carbamates (subject to hydrolysis) is 1. The molecule has 1 aliphatic rings. The summed E-state index contributed by atoms with van der Waals surface area (Å²) in [6.07, 6.45) is -2.94. The van der Waals surface area contributed by atoms with Crippen LogP contribution in [0.1, 0.15) is 46.5 Å². The minimum absolute atomic E-state index is 0.0596. The van der Waals surface area contributed by atoms with Gasteiger partial charge < -0.3 is 14.8 Å². The Balaban J connectivity index is 2.24. The maximum Gasteiger partial charge on any atom is 0.411 e. The summed E-state index contributed by atoms with van der Waals surface area (Å²) in [7, 11) is 0. The van der Waals surface area contributed by atoms with Gasteiger partial charge in [-0.2, -0.15) is 13.2 Å². The van der Waals surface area contributed by atoms with E-state index in [0.29, 0.717) is 25.7 Å². The minimum atomic E-state index is -4.29. The lowest BCUT2D eigenvalue weighted by Gasteiger charge is -2.30. The molecule has 1 N–H and O–H groups in total. The molecule has 1 fully saturated rings. The van der Waals surface area contributed by atoms with Crippen molar-refractivity contribution in [2.24, 2.45) is 0 Å². The van der Waals surface area contributed by atoms with Crippen LogP contribution in [0.3, 0.4) is 0 Å². The van der Waals surface area contributed by atoms with E-state index in [1.165, 1.54) is 0 Å². The summed E-state index contributed by atoms with van der Waals surface area (Å²) in [5, 5.41) is 2.73. The summed E-state index contributed by atoms with van der Waals surface area (Å²) >= 11 is 0. The summed E-state index contributed by atoms with van der Waals surface area (Å²) in [6, 6.07) is -0.0596. The standard InChI is InChI=1S/C13H22F3NO3/c1-12(2,3)20-11(18)17-9-4-6-10(7-5-9)19-8-13(14,15)16/h9-10H,4-8H2,1-3H3,(H,17,18). The van der Waals surface area contributed by atoms with Gasteiger partial charge in [-0.3, -0.25) is 0 Å². The monoisotopic (exact) mass is 297 g/mol. The summed E-state index contributed by atoms with van der Waals surface area (Å²) in [4.78, 5) is 11.6. The van der Waals surface area contributed by atoms with E-state index in [1.54, 1.807) is 20.8 Å². The highest BCUT2D eigenvalue weighted by atomic mass is 19.4. The molecule has 0 spiro atoms. The molecule has 1 amide bonds. The van der Waals surface area contributed by atoms with Crippen molar-refractivity contribution in [3.8, 4) is 0 Å². The molecule has 20 heavy (non-hydrogen) atoms. The molecule has 0 aromatic carbocycles. The first kappa shape index (κ1) is 17.1. The van der Waals surface area contributed by atoms with Crippen LogP contribution in [0, 0.1) is 0 Å². The van der Waals surface area contributed by atoms with Crippen molar-refractivity contribution in [3.05, 3.63) is 0 Å². The molecule has 0 heterocycles. The zero-order valence-electron chi connectivity index (χ0n) is 12.0. The Bertz CT molecular complexity index is 318. The Kier molecular flexibility index (Phi) is 5.68. The van der Waals surface area contributed by atoms with Gasteiger partial charge in [0.25, 0.3) is 0 Å². The van der Waals surface area contributed by atoms with E-state index in [2.05, 4.69) is 5.32 Å². The molecule has 1 saturated carbocycles. The first-order valence-electron chi connectivity index (χ1n) is 6.73. The van der Waals surface area contributed by atoms with Gasteiger partial charge in [0, 0.05) is 6.04 Å². The third-order valence-electron chi connectivity index (χ3n) is 2.88. The molecular formula is C13H22F3NO3. The van der Waals surface area contributed by atoms with Crippen LogP contribution in [0.5, 0.6) is 0 Å². The van der Waals surface area contributed by atoms with Gasteiger partial charge in [0.1, 0.15) is 12.2 Å². The van der Waals surface area contributed by atoms with Gasteiger partial charge in [-0.05, 0) is 46.5 Å². The molecule has 118 valence electrons. The van der Waals surface area contributed by atoms with Crippen LogP contribution in [-0.4, -0.2) is 36.6 Å². The van der Waals surface area contributed by atoms with Gasteiger partial charge in [0.15, 0.2) is 0 Å². The van der Waals surface area contributed by atoms with E-state index in [4.69, 9.17) is 9.47 Å². The fourth-order valence-electron chi connectivity index (χ4n) is 2.06. The van der Waals surface area contributed by atoms with Crippen molar-refractivity contribution in [3.63, 3.8) is 0 Å². The molecule has 0 aromatic heterocycles. The molecule has 0 aliphatic heterocycles. The Morgan fingerprint density at radius 1 is 1.15 bits per heavy atom. The smallest absolute Gasteiger partial charge is 0.411 e. The highest BCUT2D eigenvalue weighted by molar-refractivity contribution is 5.68. The van der Waals surface area contributed by atoms with Crippen molar-refractivity contribution >= 4 is 6.09 Å². The molecule has 0 radical (unpaired) electrons. The van der Waals surface area contributed by atoms with Crippen molar-refractivity contribution in [2.75, 3.05) is 6.61 Å². The summed E-state index contributed by atoms with van der Waals surface area (Å²) < 4.78 is 46.0. The lowest BCUT2D eigenvalue weighted by atomic mass is 9.93. The predicted molar refractivity (Wildman–Crippen MR) is 67.4 cm³/mol. The van der Waals surface area contributed by atoms with E-state index in [0.717, 1.165) is 0 Å². The third kappa shape index (κ3) is 7.57. The van der Waals surface area contributed by atoms with Gasteiger partial charge in [-0.25, -0.2) is 4.79 Å². The first-order valence-corrected chi connectivity index (χ1v) is 6.73. The SMILES string of the molecule is CC(C)(C)OC(=O)NC1CCC(OCC(F)(F)F)CC1. The highest BCUT2D eigenvalue weighted by Gasteiger charge is 2.31. The first-order chi connectivity index (χ1) is 9.05. The largest absolute Gasteiger partial charge is 0.444 e. The number of hydrogen-bond acceptors (Lipinski definition) is 3. The number of carbonyl (C=O) groups excluding carboxylic acids is 1.